The number of amides is 1. The van der Waals surface area contributed by atoms with Crippen LogP contribution in [-0.2, 0) is 14.8 Å². The second-order valence-electron chi connectivity index (χ2n) is 6.48. The zero-order valence-electron chi connectivity index (χ0n) is 16.2. The van der Waals surface area contributed by atoms with Gasteiger partial charge in [0.15, 0.2) is 0 Å². The largest absolute Gasteiger partial charge is 0.467 e. The standard InChI is InChI=1S/C21H23N3O4S/c1-15-10-11-17(13-19(15)29(26,27)22-2)24-20(25)14-23-21(18-9-6-12-28-18)16-7-4-3-5-8-16/h3-13,21-23H,14H2,1-2H3,(H,24,25)/t21-/m1/s1. The molecule has 0 fully saturated rings. The summed E-state index contributed by atoms with van der Waals surface area (Å²) < 4.78 is 32.0. The SMILES string of the molecule is CNS(=O)(=O)c1cc(NC(=O)CN[C@H](c2ccccc2)c2ccco2)ccc1C. The molecule has 7 nitrogen and oxygen atoms in total. The van der Waals surface area contributed by atoms with Crippen LogP contribution in [0.3, 0.4) is 0 Å². The van der Waals surface area contributed by atoms with Gasteiger partial charge >= 0.3 is 0 Å². The molecule has 0 saturated heterocycles. The first kappa shape index (κ1) is 20.8. The van der Waals surface area contributed by atoms with E-state index in [1.54, 1.807) is 31.4 Å². The van der Waals surface area contributed by atoms with Gasteiger partial charge in [0.05, 0.1) is 23.7 Å². The Hall–Kier alpha value is -2.94. The molecule has 1 heterocycles. The molecule has 0 aliphatic heterocycles. The van der Waals surface area contributed by atoms with E-state index in [0.717, 1.165) is 5.56 Å². The fourth-order valence-corrected chi connectivity index (χ4v) is 3.95. The van der Waals surface area contributed by atoms with Gasteiger partial charge < -0.3 is 9.73 Å². The van der Waals surface area contributed by atoms with E-state index in [2.05, 4.69) is 15.4 Å². The highest BCUT2D eigenvalue weighted by Gasteiger charge is 2.19. The number of rotatable bonds is 8. The normalized spacial score (nSPS) is 12.5. The minimum Gasteiger partial charge on any atom is -0.467 e. The molecule has 1 aromatic heterocycles. The highest BCUT2D eigenvalue weighted by atomic mass is 32.2. The lowest BCUT2D eigenvalue weighted by atomic mass is 10.0. The average molecular weight is 413 g/mol. The minimum atomic E-state index is -3.61. The van der Waals surface area contributed by atoms with Crippen molar-refractivity contribution >= 4 is 21.6 Å². The van der Waals surface area contributed by atoms with E-state index in [1.807, 2.05) is 36.4 Å². The van der Waals surface area contributed by atoms with Crippen LogP contribution in [0.4, 0.5) is 5.69 Å². The van der Waals surface area contributed by atoms with Crippen molar-refractivity contribution < 1.29 is 17.6 Å². The number of furan rings is 1. The van der Waals surface area contributed by atoms with Crippen LogP contribution in [0.15, 0.2) is 76.2 Å². The third-order valence-corrected chi connectivity index (χ3v) is 6.01. The predicted octanol–water partition coefficient (Wildman–Crippen LogP) is 2.81. The van der Waals surface area contributed by atoms with Gasteiger partial charge in [-0.25, -0.2) is 13.1 Å². The number of carbonyl (C=O) groups excluding carboxylic acids is 1. The first-order valence-corrected chi connectivity index (χ1v) is 10.5. The molecular weight excluding hydrogens is 390 g/mol. The van der Waals surface area contributed by atoms with Crippen molar-refractivity contribution in [2.45, 2.75) is 17.9 Å². The van der Waals surface area contributed by atoms with Crippen molar-refractivity contribution in [1.82, 2.24) is 10.0 Å². The molecule has 0 aliphatic rings. The first-order chi connectivity index (χ1) is 13.9. The Morgan fingerprint density at radius 3 is 2.48 bits per heavy atom. The number of hydrogen-bond donors (Lipinski definition) is 3. The lowest BCUT2D eigenvalue weighted by Crippen LogP contribution is -2.31. The van der Waals surface area contributed by atoms with Crippen molar-refractivity contribution in [3.63, 3.8) is 0 Å². The van der Waals surface area contributed by atoms with Crippen LogP contribution in [0.5, 0.6) is 0 Å². The monoisotopic (exact) mass is 413 g/mol. The van der Waals surface area contributed by atoms with Gasteiger partial charge in [0.1, 0.15) is 5.76 Å². The summed E-state index contributed by atoms with van der Waals surface area (Å²) >= 11 is 0. The average Bonchev–Trinajstić information content (AvgIpc) is 3.25. The number of nitrogens with one attached hydrogen (secondary N) is 3. The molecule has 3 N–H and O–H groups in total. The maximum Gasteiger partial charge on any atom is 0.240 e. The van der Waals surface area contributed by atoms with Crippen LogP contribution in [-0.4, -0.2) is 27.9 Å². The number of carbonyl (C=O) groups is 1. The van der Waals surface area contributed by atoms with Gasteiger partial charge in [0, 0.05) is 5.69 Å². The van der Waals surface area contributed by atoms with Crippen molar-refractivity contribution in [3.05, 3.63) is 83.8 Å². The van der Waals surface area contributed by atoms with Crippen molar-refractivity contribution in [2.24, 2.45) is 0 Å². The molecule has 0 bridgehead atoms. The van der Waals surface area contributed by atoms with Crippen LogP contribution in [0.25, 0.3) is 0 Å². The van der Waals surface area contributed by atoms with Gasteiger partial charge in [-0.05, 0) is 49.4 Å². The molecular formula is C21H23N3O4S. The van der Waals surface area contributed by atoms with E-state index in [-0.39, 0.29) is 23.4 Å². The number of anilines is 1. The third kappa shape index (κ3) is 5.11. The van der Waals surface area contributed by atoms with Crippen LogP contribution >= 0.6 is 0 Å². The molecule has 1 amide bonds. The van der Waals surface area contributed by atoms with Gasteiger partial charge in [0.2, 0.25) is 15.9 Å². The summed E-state index contributed by atoms with van der Waals surface area (Å²) in [6, 6.07) is 17.8. The Labute approximate surface area is 170 Å². The fraction of sp³-hybridized carbons (Fsp3) is 0.190. The fourth-order valence-electron chi connectivity index (χ4n) is 2.96. The van der Waals surface area contributed by atoms with Crippen LogP contribution in [0, 0.1) is 6.92 Å². The summed E-state index contributed by atoms with van der Waals surface area (Å²) in [4.78, 5) is 12.6. The molecule has 29 heavy (non-hydrogen) atoms. The highest BCUT2D eigenvalue weighted by molar-refractivity contribution is 7.89. The van der Waals surface area contributed by atoms with Gasteiger partial charge in [-0.1, -0.05) is 36.4 Å². The van der Waals surface area contributed by atoms with Crippen LogP contribution in [0.2, 0.25) is 0 Å². The van der Waals surface area contributed by atoms with E-state index in [0.29, 0.717) is 17.0 Å². The van der Waals surface area contributed by atoms with E-state index in [4.69, 9.17) is 4.42 Å². The summed E-state index contributed by atoms with van der Waals surface area (Å²) in [5.41, 5.74) is 1.97. The Morgan fingerprint density at radius 1 is 1.07 bits per heavy atom. The number of sulfonamides is 1. The zero-order chi connectivity index (χ0) is 20.9. The third-order valence-electron chi connectivity index (χ3n) is 4.46. The Kier molecular flexibility index (Phi) is 6.48. The van der Waals surface area contributed by atoms with Crippen molar-refractivity contribution in [2.75, 3.05) is 18.9 Å². The van der Waals surface area contributed by atoms with E-state index < -0.39 is 10.0 Å². The molecule has 3 aromatic rings. The minimum absolute atomic E-state index is 0.0161. The Balaban J connectivity index is 1.71. The molecule has 152 valence electrons. The topological polar surface area (TPSA) is 100 Å². The smallest absolute Gasteiger partial charge is 0.240 e. The van der Waals surface area contributed by atoms with Crippen LogP contribution < -0.4 is 15.4 Å². The lowest BCUT2D eigenvalue weighted by Gasteiger charge is -2.17. The second-order valence-corrected chi connectivity index (χ2v) is 8.33. The predicted molar refractivity (Wildman–Crippen MR) is 111 cm³/mol. The molecule has 0 radical (unpaired) electrons. The van der Waals surface area contributed by atoms with E-state index in [1.165, 1.54) is 13.1 Å². The van der Waals surface area contributed by atoms with Crippen LogP contribution in [0.1, 0.15) is 22.9 Å². The molecule has 3 rings (SSSR count). The molecule has 0 spiro atoms. The molecule has 0 saturated carbocycles. The molecule has 0 unspecified atom stereocenters. The molecule has 1 atom stereocenters. The summed E-state index contributed by atoms with van der Waals surface area (Å²) in [5, 5.41) is 5.92. The highest BCUT2D eigenvalue weighted by Crippen LogP contribution is 2.23. The van der Waals surface area contributed by atoms with Gasteiger partial charge in [-0.15, -0.1) is 0 Å². The summed E-state index contributed by atoms with van der Waals surface area (Å²) in [5.74, 6) is 0.399. The maximum atomic E-state index is 12.5. The van der Waals surface area contributed by atoms with Gasteiger partial charge in [0.25, 0.3) is 0 Å². The summed E-state index contributed by atoms with van der Waals surface area (Å²) in [6.07, 6.45) is 1.59. The van der Waals surface area contributed by atoms with Crippen molar-refractivity contribution in [1.29, 1.82) is 0 Å². The first-order valence-electron chi connectivity index (χ1n) is 9.06. The number of aryl methyl sites for hydroxylation is 1. The zero-order valence-corrected chi connectivity index (χ0v) is 17.0. The summed E-state index contributed by atoms with van der Waals surface area (Å²) in [7, 11) is -2.26. The van der Waals surface area contributed by atoms with Crippen molar-refractivity contribution in [3.8, 4) is 0 Å². The Bertz CT molecular complexity index is 1060. The lowest BCUT2D eigenvalue weighted by molar-refractivity contribution is -0.115. The number of benzene rings is 2. The van der Waals surface area contributed by atoms with E-state index >= 15 is 0 Å². The molecule has 8 heteroatoms. The Morgan fingerprint density at radius 2 is 1.83 bits per heavy atom. The number of hydrogen-bond acceptors (Lipinski definition) is 5. The van der Waals surface area contributed by atoms with Gasteiger partial charge in [-0.3, -0.25) is 10.1 Å². The quantitative estimate of drug-likeness (QED) is 0.527. The molecule has 2 aromatic carbocycles. The maximum absolute atomic E-state index is 12.5. The van der Waals surface area contributed by atoms with E-state index in [9.17, 15) is 13.2 Å². The summed E-state index contributed by atoms with van der Waals surface area (Å²) in [6.45, 7) is 1.72. The second kappa shape index (κ2) is 9.04. The van der Waals surface area contributed by atoms with Gasteiger partial charge in [-0.2, -0.15) is 0 Å². The molecule has 0 aliphatic carbocycles.